The lowest BCUT2D eigenvalue weighted by Gasteiger charge is -2.07. The van der Waals surface area contributed by atoms with Gasteiger partial charge < -0.3 is 10.8 Å². The first-order valence-electron chi connectivity index (χ1n) is 4.31. The zero-order valence-electron chi connectivity index (χ0n) is 7.73. The third kappa shape index (κ3) is 3.70. The molecule has 72 valence electrons. The summed E-state index contributed by atoms with van der Waals surface area (Å²) in [6.45, 7) is 2.27. The van der Waals surface area contributed by atoms with Crippen LogP contribution in [0.5, 0.6) is 0 Å². The van der Waals surface area contributed by atoms with E-state index in [1.54, 1.807) is 11.8 Å². The average Bonchev–Trinajstić information content (AvgIpc) is 2.14. The molecule has 0 spiro atoms. The van der Waals surface area contributed by atoms with Crippen molar-refractivity contribution in [2.45, 2.75) is 11.8 Å². The Balaban J connectivity index is 2.45. The summed E-state index contributed by atoms with van der Waals surface area (Å²) in [5, 5.41) is 8.83. The number of benzene rings is 1. The van der Waals surface area contributed by atoms with E-state index >= 15 is 0 Å². The Kier molecular flexibility index (Phi) is 4.12. The Hall–Kier alpha value is -0.670. The van der Waals surface area contributed by atoms with Gasteiger partial charge in [-0.3, -0.25) is 0 Å². The van der Waals surface area contributed by atoms with Gasteiger partial charge in [-0.1, -0.05) is 13.0 Å². The Morgan fingerprint density at radius 1 is 1.54 bits per heavy atom. The summed E-state index contributed by atoms with van der Waals surface area (Å²) in [7, 11) is 0. The maximum Gasteiger partial charge on any atom is 0.0464 e. The molecular formula is C10H15NOS. The molecule has 1 rings (SSSR count). The van der Waals surface area contributed by atoms with Gasteiger partial charge >= 0.3 is 0 Å². The van der Waals surface area contributed by atoms with Crippen molar-refractivity contribution in [3.05, 3.63) is 24.3 Å². The van der Waals surface area contributed by atoms with Crippen LogP contribution in [0.15, 0.2) is 29.2 Å². The van der Waals surface area contributed by atoms with Crippen molar-refractivity contribution in [2.24, 2.45) is 5.92 Å². The van der Waals surface area contributed by atoms with Gasteiger partial charge in [0.15, 0.2) is 0 Å². The van der Waals surface area contributed by atoms with E-state index in [0.717, 1.165) is 11.4 Å². The quantitative estimate of drug-likeness (QED) is 0.573. The summed E-state index contributed by atoms with van der Waals surface area (Å²) in [5.41, 5.74) is 6.43. The second kappa shape index (κ2) is 5.14. The van der Waals surface area contributed by atoms with E-state index in [0.29, 0.717) is 5.92 Å². The molecule has 0 aliphatic heterocycles. The van der Waals surface area contributed by atoms with Crippen molar-refractivity contribution in [2.75, 3.05) is 18.1 Å². The minimum atomic E-state index is 0.245. The number of hydrogen-bond donors (Lipinski definition) is 2. The molecule has 0 aliphatic rings. The maximum atomic E-state index is 8.83. The van der Waals surface area contributed by atoms with Crippen LogP contribution >= 0.6 is 11.8 Å². The molecule has 0 fully saturated rings. The molecule has 0 aliphatic carbocycles. The predicted octanol–water partition coefficient (Wildman–Crippen LogP) is 1.99. The number of rotatable bonds is 4. The van der Waals surface area contributed by atoms with Crippen molar-refractivity contribution in [3.8, 4) is 0 Å². The van der Waals surface area contributed by atoms with Gasteiger partial charge in [0.25, 0.3) is 0 Å². The van der Waals surface area contributed by atoms with Gasteiger partial charge in [-0.2, -0.15) is 0 Å². The number of aliphatic hydroxyl groups excluding tert-OH is 1. The molecule has 1 aromatic rings. The molecule has 1 atom stereocenters. The lowest BCUT2D eigenvalue weighted by Crippen LogP contribution is -2.03. The Bertz CT molecular complexity index is 265. The molecule has 0 amide bonds. The Labute approximate surface area is 83.1 Å². The van der Waals surface area contributed by atoms with Crippen LogP contribution in [0.25, 0.3) is 0 Å². The van der Waals surface area contributed by atoms with E-state index < -0.39 is 0 Å². The number of anilines is 1. The minimum Gasteiger partial charge on any atom is -0.399 e. The third-order valence-electron chi connectivity index (χ3n) is 1.70. The highest BCUT2D eigenvalue weighted by Crippen LogP contribution is 2.22. The smallest absolute Gasteiger partial charge is 0.0464 e. The fraction of sp³-hybridized carbons (Fsp3) is 0.400. The summed E-state index contributed by atoms with van der Waals surface area (Å²) in [4.78, 5) is 1.17. The monoisotopic (exact) mass is 197 g/mol. The lowest BCUT2D eigenvalue weighted by atomic mass is 10.2. The molecule has 3 heteroatoms. The highest BCUT2D eigenvalue weighted by molar-refractivity contribution is 7.99. The molecule has 13 heavy (non-hydrogen) atoms. The normalized spacial score (nSPS) is 12.8. The van der Waals surface area contributed by atoms with Gasteiger partial charge in [0.1, 0.15) is 0 Å². The van der Waals surface area contributed by atoms with E-state index in [-0.39, 0.29) is 6.61 Å². The van der Waals surface area contributed by atoms with Crippen LogP contribution < -0.4 is 5.73 Å². The number of aliphatic hydroxyl groups is 1. The van der Waals surface area contributed by atoms with E-state index in [1.807, 2.05) is 31.2 Å². The molecule has 0 saturated carbocycles. The van der Waals surface area contributed by atoms with E-state index in [1.165, 1.54) is 4.90 Å². The summed E-state index contributed by atoms with van der Waals surface area (Å²) in [5.74, 6) is 1.27. The largest absolute Gasteiger partial charge is 0.399 e. The summed E-state index contributed by atoms with van der Waals surface area (Å²) in [6.07, 6.45) is 0. The average molecular weight is 197 g/mol. The van der Waals surface area contributed by atoms with Gasteiger partial charge in [-0.25, -0.2) is 0 Å². The molecule has 0 aromatic heterocycles. The van der Waals surface area contributed by atoms with Gasteiger partial charge in [0.2, 0.25) is 0 Å². The van der Waals surface area contributed by atoms with Gasteiger partial charge in [-0.15, -0.1) is 11.8 Å². The molecule has 1 unspecified atom stereocenters. The summed E-state index contributed by atoms with van der Waals surface area (Å²) >= 11 is 1.73. The second-order valence-corrected chi connectivity index (χ2v) is 4.26. The van der Waals surface area contributed by atoms with Crippen molar-refractivity contribution < 1.29 is 5.11 Å². The van der Waals surface area contributed by atoms with Crippen LogP contribution in [0.3, 0.4) is 0 Å². The minimum absolute atomic E-state index is 0.245. The Morgan fingerprint density at radius 3 is 2.92 bits per heavy atom. The van der Waals surface area contributed by atoms with Crippen LogP contribution in [0.1, 0.15) is 6.92 Å². The lowest BCUT2D eigenvalue weighted by molar-refractivity contribution is 0.250. The predicted molar refractivity (Wildman–Crippen MR) is 57.8 cm³/mol. The van der Waals surface area contributed by atoms with E-state index in [4.69, 9.17) is 10.8 Å². The molecule has 0 bridgehead atoms. The third-order valence-corrected chi connectivity index (χ3v) is 3.03. The van der Waals surface area contributed by atoms with Gasteiger partial charge in [0, 0.05) is 22.9 Å². The second-order valence-electron chi connectivity index (χ2n) is 3.17. The van der Waals surface area contributed by atoms with Crippen molar-refractivity contribution >= 4 is 17.4 Å². The number of nitrogens with two attached hydrogens (primary N) is 1. The van der Waals surface area contributed by atoms with Crippen molar-refractivity contribution in [1.29, 1.82) is 0 Å². The molecular weight excluding hydrogens is 182 g/mol. The van der Waals surface area contributed by atoms with Crippen LogP contribution in [0.2, 0.25) is 0 Å². The maximum absolute atomic E-state index is 8.83. The van der Waals surface area contributed by atoms with Crippen molar-refractivity contribution in [1.82, 2.24) is 0 Å². The molecule has 1 aromatic carbocycles. The molecule has 0 heterocycles. The summed E-state index contributed by atoms with van der Waals surface area (Å²) in [6, 6.07) is 7.81. The summed E-state index contributed by atoms with van der Waals surface area (Å²) < 4.78 is 0. The van der Waals surface area contributed by atoms with Crippen LogP contribution in [0.4, 0.5) is 5.69 Å². The zero-order valence-corrected chi connectivity index (χ0v) is 8.55. The topological polar surface area (TPSA) is 46.2 Å². The van der Waals surface area contributed by atoms with Gasteiger partial charge in [0.05, 0.1) is 0 Å². The highest BCUT2D eigenvalue weighted by atomic mass is 32.2. The first-order chi connectivity index (χ1) is 6.22. The first kappa shape index (κ1) is 10.4. The van der Waals surface area contributed by atoms with E-state index in [9.17, 15) is 0 Å². The molecule has 3 N–H and O–H groups in total. The SMILES string of the molecule is CC(CO)CSc1cccc(N)c1. The molecule has 2 nitrogen and oxygen atoms in total. The fourth-order valence-corrected chi connectivity index (χ4v) is 1.87. The van der Waals surface area contributed by atoms with E-state index in [2.05, 4.69) is 0 Å². The van der Waals surface area contributed by atoms with Crippen LogP contribution in [0, 0.1) is 5.92 Å². The number of hydrogen-bond acceptors (Lipinski definition) is 3. The van der Waals surface area contributed by atoms with Crippen LogP contribution in [-0.2, 0) is 0 Å². The molecule has 0 radical (unpaired) electrons. The highest BCUT2D eigenvalue weighted by Gasteiger charge is 2.01. The molecule has 0 saturated heterocycles. The van der Waals surface area contributed by atoms with Crippen LogP contribution in [-0.4, -0.2) is 17.5 Å². The Morgan fingerprint density at radius 2 is 2.31 bits per heavy atom. The number of nitrogen functional groups attached to an aromatic ring is 1. The first-order valence-corrected chi connectivity index (χ1v) is 5.30. The zero-order chi connectivity index (χ0) is 9.68. The van der Waals surface area contributed by atoms with Crippen molar-refractivity contribution in [3.63, 3.8) is 0 Å². The number of thioether (sulfide) groups is 1. The fourth-order valence-electron chi connectivity index (χ4n) is 0.896. The standard InChI is InChI=1S/C10H15NOS/c1-8(6-12)7-13-10-4-2-3-9(11)5-10/h2-5,8,12H,6-7,11H2,1H3. The van der Waals surface area contributed by atoms with Gasteiger partial charge in [-0.05, 0) is 24.1 Å².